The number of carbonyl (C=O) groups is 2. The highest BCUT2D eigenvalue weighted by Crippen LogP contribution is 2.32. The lowest BCUT2D eigenvalue weighted by atomic mass is 9.95. The van der Waals surface area contributed by atoms with Crippen LogP contribution in [0.4, 0.5) is 0 Å². The van der Waals surface area contributed by atoms with Crippen LogP contribution in [0.1, 0.15) is 33.6 Å². The largest absolute Gasteiger partial charge is 0.487 e. The molecule has 0 spiro atoms. The molecule has 11 heteroatoms. The first-order valence-electron chi connectivity index (χ1n) is 13.8. The van der Waals surface area contributed by atoms with Gasteiger partial charge in [-0.25, -0.2) is 0 Å². The van der Waals surface area contributed by atoms with E-state index >= 15 is 0 Å². The zero-order chi connectivity index (χ0) is 30.5. The fourth-order valence-corrected chi connectivity index (χ4v) is 5.25. The molecule has 0 aliphatic carbocycles. The van der Waals surface area contributed by atoms with Gasteiger partial charge >= 0.3 is 5.97 Å². The summed E-state index contributed by atoms with van der Waals surface area (Å²) in [7, 11) is 0. The molecule has 1 saturated heterocycles. The third-order valence-corrected chi connectivity index (χ3v) is 7.79. The third-order valence-electron chi connectivity index (χ3n) is 7.50. The van der Waals surface area contributed by atoms with Gasteiger partial charge in [0.15, 0.2) is 11.5 Å². The minimum Gasteiger partial charge on any atom is -0.487 e. The molecular formula is C32H32ClN3O7. The lowest BCUT2D eigenvalue weighted by Crippen LogP contribution is -2.39. The number of hydrogen-bond acceptors (Lipinski definition) is 8. The van der Waals surface area contributed by atoms with Crippen molar-refractivity contribution >= 4 is 23.5 Å². The van der Waals surface area contributed by atoms with Crippen molar-refractivity contribution in [2.24, 2.45) is 0 Å². The average Bonchev–Trinajstić information content (AvgIpc) is 3.67. The summed E-state index contributed by atoms with van der Waals surface area (Å²) in [5.74, 6) is -0.415. The topological polar surface area (TPSA) is 145 Å². The summed E-state index contributed by atoms with van der Waals surface area (Å²) in [6.07, 6.45) is 0.0522. The lowest BCUT2D eigenvalue weighted by Gasteiger charge is -2.15. The van der Waals surface area contributed by atoms with E-state index < -0.39 is 24.7 Å². The molecule has 5 rings (SSSR count). The fraction of sp³-hybridized carbons (Fsp3) is 0.281. The van der Waals surface area contributed by atoms with Crippen molar-refractivity contribution in [3.8, 4) is 28.2 Å². The van der Waals surface area contributed by atoms with Crippen LogP contribution >= 0.6 is 11.6 Å². The van der Waals surface area contributed by atoms with Crippen LogP contribution in [-0.4, -0.2) is 69.1 Å². The molecule has 2 heterocycles. The van der Waals surface area contributed by atoms with Crippen LogP contribution in [0.3, 0.4) is 0 Å². The summed E-state index contributed by atoms with van der Waals surface area (Å²) in [6.45, 7) is 2.80. The first kappa shape index (κ1) is 30.2. The number of benzene rings is 3. The molecule has 1 aromatic heterocycles. The highest BCUT2D eigenvalue weighted by atomic mass is 35.5. The van der Waals surface area contributed by atoms with E-state index in [2.05, 4.69) is 10.5 Å². The van der Waals surface area contributed by atoms with Gasteiger partial charge in [0.1, 0.15) is 18.4 Å². The molecule has 4 aromatic rings. The number of carbonyl (C=O) groups excluding carboxylic acids is 1. The quantitative estimate of drug-likeness (QED) is 0.197. The van der Waals surface area contributed by atoms with Gasteiger partial charge < -0.3 is 29.5 Å². The van der Waals surface area contributed by atoms with Gasteiger partial charge in [0.2, 0.25) is 0 Å². The number of aliphatic hydroxyl groups excluding tert-OH is 2. The van der Waals surface area contributed by atoms with Gasteiger partial charge in [-0.05, 0) is 59.4 Å². The van der Waals surface area contributed by atoms with E-state index in [9.17, 15) is 19.8 Å². The van der Waals surface area contributed by atoms with Crippen LogP contribution in [0.15, 0.2) is 71.3 Å². The molecule has 1 aliphatic rings. The number of carboxylic acids is 1. The number of hydrogen-bond donors (Lipinski definition) is 4. The number of ether oxygens (including phenoxy) is 1. The average molecular weight is 606 g/mol. The fourth-order valence-electron chi connectivity index (χ4n) is 4.99. The normalized spacial score (nSPS) is 15.4. The van der Waals surface area contributed by atoms with Gasteiger partial charge in [0.05, 0.1) is 17.7 Å². The Morgan fingerprint density at radius 2 is 1.93 bits per heavy atom. The Bertz CT molecular complexity index is 1620. The van der Waals surface area contributed by atoms with Crippen LogP contribution in [0.25, 0.3) is 22.5 Å². The highest BCUT2D eigenvalue weighted by molar-refractivity contribution is 6.32. The van der Waals surface area contributed by atoms with Gasteiger partial charge in [-0.2, -0.15) is 0 Å². The number of halogens is 1. The summed E-state index contributed by atoms with van der Waals surface area (Å²) < 4.78 is 11.6. The van der Waals surface area contributed by atoms with Crippen LogP contribution in [-0.2, 0) is 17.9 Å². The lowest BCUT2D eigenvalue weighted by molar-refractivity contribution is -0.140. The molecular weight excluding hydrogens is 574 g/mol. The van der Waals surface area contributed by atoms with Crippen molar-refractivity contribution in [2.75, 3.05) is 19.7 Å². The van der Waals surface area contributed by atoms with E-state index in [1.54, 1.807) is 29.2 Å². The minimum atomic E-state index is -1.13. The zero-order valence-electron chi connectivity index (χ0n) is 23.5. The number of carboxylic acid groups (broad SMARTS) is 1. The number of nitrogens with one attached hydrogen (secondary N) is 1. The van der Waals surface area contributed by atoms with Crippen molar-refractivity contribution in [2.45, 2.75) is 38.6 Å². The van der Waals surface area contributed by atoms with Gasteiger partial charge in [-0.1, -0.05) is 59.2 Å². The van der Waals surface area contributed by atoms with Crippen molar-refractivity contribution in [1.82, 2.24) is 15.4 Å². The number of aliphatic hydroxyl groups is 2. The predicted octanol–water partition coefficient (Wildman–Crippen LogP) is 4.29. The number of likely N-dealkylation sites (tertiary alicyclic amines) is 1. The van der Waals surface area contributed by atoms with Crippen molar-refractivity contribution < 1.29 is 34.2 Å². The first-order valence-corrected chi connectivity index (χ1v) is 14.2. The molecule has 224 valence electrons. The molecule has 1 aliphatic heterocycles. The second-order valence-corrected chi connectivity index (χ2v) is 10.9. The van der Waals surface area contributed by atoms with Crippen LogP contribution in [0.2, 0.25) is 5.02 Å². The molecule has 4 N–H and O–H groups in total. The summed E-state index contributed by atoms with van der Waals surface area (Å²) in [4.78, 5) is 25.4. The molecule has 10 nitrogen and oxygen atoms in total. The Balaban J connectivity index is 1.27. The molecule has 1 fully saturated rings. The van der Waals surface area contributed by atoms with Crippen molar-refractivity contribution in [3.05, 3.63) is 94.1 Å². The first-order chi connectivity index (χ1) is 20.7. The second-order valence-electron chi connectivity index (χ2n) is 10.4. The van der Waals surface area contributed by atoms with Crippen LogP contribution in [0, 0.1) is 6.92 Å². The number of amides is 1. The summed E-state index contributed by atoms with van der Waals surface area (Å²) in [5.41, 5.74) is 5.71. The zero-order valence-corrected chi connectivity index (χ0v) is 24.3. The summed E-state index contributed by atoms with van der Waals surface area (Å²) in [6, 6.07) is 19.6. The van der Waals surface area contributed by atoms with E-state index in [1.807, 2.05) is 49.4 Å². The van der Waals surface area contributed by atoms with E-state index in [-0.39, 0.29) is 24.8 Å². The SMILES string of the molecule is Cc1c(COc2ccc(CN[C@H](CO)C(=O)O)cc2Cl)cccc1-c1cccc(-c2cc(C(=O)N3CC[C@@H](O)C3)no2)c1. The molecule has 2 atom stereocenters. The number of aromatic nitrogens is 1. The maximum atomic E-state index is 12.7. The van der Waals surface area contributed by atoms with Crippen molar-refractivity contribution in [1.29, 1.82) is 0 Å². The molecule has 0 unspecified atom stereocenters. The maximum absolute atomic E-state index is 12.7. The summed E-state index contributed by atoms with van der Waals surface area (Å²) in [5, 5.41) is 35.1. The Kier molecular flexibility index (Phi) is 9.42. The second kappa shape index (κ2) is 13.4. The van der Waals surface area contributed by atoms with Crippen LogP contribution < -0.4 is 10.1 Å². The molecule has 1 amide bonds. The number of nitrogens with zero attached hydrogens (tertiary/aromatic N) is 2. The molecule has 43 heavy (non-hydrogen) atoms. The van der Waals surface area contributed by atoms with Gasteiger partial charge in [-0.15, -0.1) is 0 Å². The highest BCUT2D eigenvalue weighted by Gasteiger charge is 2.27. The Hall–Kier alpha value is -4.22. The maximum Gasteiger partial charge on any atom is 0.323 e. The third kappa shape index (κ3) is 7.06. The number of aliphatic carboxylic acids is 1. The summed E-state index contributed by atoms with van der Waals surface area (Å²) >= 11 is 6.45. The standard InChI is InChI=1S/C32H32ClN3O7/c1-19-23(18-42-29-9-8-20(12-26(29)33)15-34-28(17-37)32(40)41)6-3-7-25(19)21-4-2-5-22(13-21)30-14-27(35-43-30)31(39)36-11-10-24(38)16-36/h2-9,12-14,24,28,34,37-38H,10-11,15-18H2,1H3,(H,40,41)/t24-,28-/m1/s1. The van der Waals surface area contributed by atoms with E-state index in [0.29, 0.717) is 36.0 Å². The number of β-amino-alcohol motifs (C(OH)–C–C–N with tert-alkyl or cyclic N) is 1. The molecule has 3 aromatic carbocycles. The minimum absolute atomic E-state index is 0.211. The van der Waals surface area contributed by atoms with E-state index in [0.717, 1.165) is 33.4 Å². The van der Waals surface area contributed by atoms with Crippen LogP contribution in [0.5, 0.6) is 5.75 Å². The van der Waals surface area contributed by atoms with E-state index in [1.165, 1.54) is 0 Å². The van der Waals surface area contributed by atoms with Gasteiger partial charge in [0, 0.05) is 31.3 Å². The van der Waals surface area contributed by atoms with Gasteiger partial charge in [0.25, 0.3) is 5.91 Å². The Morgan fingerprint density at radius 1 is 1.14 bits per heavy atom. The predicted molar refractivity (Wildman–Crippen MR) is 160 cm³/mol. The van der Waals surface area contributed by atoms with Gasteiger partial charge in [-0.3, -0.25) is 14.9 Å². The molecule has 0 saturated carbocycles. The Labute approximate surface area is 253 Å². The number of rotatable bonds is 11. The monoisotopic (exact) mass is 605 g/mol. The van der Waals surface area contributed by atoms with E-state index in [4.69, 9.17) is 26.0 Å². The molecule has 0 radical (unpaired) electrons. The van der Waals surface area contributed by atoms with Crippen molar-refractivity contribution in [3.63, 3.8) is 0 Å². The Morgan fingerprint density at radius 3 is 2.65 bits per heavy atom. The molecule has 0 bridgehead atoms. The smallest absolute Gasteiger partial charge is 0.323 e.